The molecule has 0 amide bonds. The fourth-order valence-corrected chi connectivity index (χ4v) is 2.08. The third kappa shape index (κ3) is 27.6. The maximum atomic E-state index is 5.51. The molecule has 0 aliphatic heterocycles. The van der Waals surface area contributed by atoms with Crippen molar-refractivity contribution in [3.8, 4) is 0 Å². The van der Waals surface area contributed by atoms with Gasteiger partial charge < -0.3 is 42.6 Å². The summed E-state index contributed by atoms with van der Waals surface area (Å²) in [5.74, 6) is 0.606. The molecule has 0 saturated carbocycles. The molecule has 0 aliphatic carbocycles. The fourth-order valence-electron chi connectivity index (χ4n) is 2.08. The second kappa shape index (κ2) is 27.7. The van der Waals surface area contributed by atoms with Crippen molar-refractivity contribution in [3.05, 3.63) is 0 Å². The van der Waals surface area contributed by atoms with Crippen molar-refractivity contribution in [2.24, 2.45) is 5.92 Å². The van der Waals surface area contributed by atoms with Crippen LogP contribution in [-0.2, 0) is 42.6 Å². The van der Waals surface area contributed by atoms with E-state index in [0.717, 1.165) is 13.0 Å². The molecule has 0 rings (SSSR count). The van der Waals surface area contributed by atoms with Gasteiger partial charge in [-0.2, -0.15) is 0 Å². The summed E-state index contributed by atoms with van der Waals surface area (Å²) in [6.45, 7) is 14.2. The zero-order valence-electron chi connectivity index (χ0n) is 20.0. The monoisotopic (exact) mass is 454 g/mol. The van der Waals surface area contributed by atoms with E-state index in [-0.39, 0.29) is 0 Å². The molecule has 0 bridgehead atoms. The highest BCUT2D eigenvalue weighted by atomic mass is 16.6. The molecule has 1 atom stereocenters. The molecule has 0 fully saturated rings. The number of hydrogen-bond acceptors (Lipinski definition) is 9. The number of ether oxygens (including phenoxy) is 9. The van der Waals surface area contributed by atoms with Crippen LogP contribution in [0.25, 0.3) is 0 Å². The molecule has 0 aliphatic rings. The zero-order chi connectivity index (χ0) is 22.7. The van der Waals surface area contributed by atoms with Gasteiger partial charge >= 0.3 is 0 Å². The van der Waals surface area contributed by atoms with Crippen LogP contribution in [0.3, 0.4) is 0 Å². The van der Waals surface area contributed by atoms with Crippen molar-refractivity contribution in [2.45, 2.75) is 20.3 Å². The third-order valence-electron chi connectivity index (χ3n) is 4.14. The summed E-state index contributed by atoms with van der Waals surface area (Å²) in [6.07, 6.45) is 1.14. The summed E-state index contributed by atoms with van der Waals surface area (Å²) >= 11 is 0. The molecular weight excluding hydrogens is 408 g/mol. The lowest BCUT2D eigenvalue weighted by atomic mass is 10.1. The van der Waals surface area contributed by atoms with Crippen molar-refractivity contribution >= 4 is 0 Å². The first-order valence-corrected chi connectivity index (χ1v) is 11.4. The second-order valence-electron chi connectivity index (χ2n) is 6.87. The molecule has 0 aromatic rings. The second-order valence-corrected chi connectivity index (χ2v) is 6.87. The molecule has 9 nitrogen and oxygen atoms in total. The van der Waals surface area contributed by atoms with E-state index in [9.17, 15) is 0 Å². The smallest absolute Gasteiger partial charge is 0.0701 e. The normalized spacial score (nSPS) is 12.5. The Hall–Kier alpha value is -0.360. The van der Waals surface area contributed by atoms with Crippen molar-refractivity contribution in [1.29, 1.82) is 0 Å². The van der Waals surface area contributed by atoms with E-state index in [2.05, 4.69) is 13.8 Å². The van der Waals surface area contributed by atoms with E-state index >= 15 is 0 Å². The van der Waals surface area contributed by atoms with Crippen LogP contribution < -0.4 is 0 Å². The summed E-state index contributed by atoms with van der Waals surface area (Å²) in [5.41, 5.74) is 0. The van der Waals surface area contributed by atoms with Crippen molar-refractivity contribution < 1.29 is 42.6 Å². The van der Waals surface area contributed by atoms with Crippen LogP contribution in [0.15, 0.2) is 0 Å². The van der Waals surface area contributed by atoms with Gasteiger partial charge in [0.05, 0.1) is 106 Å². The van der Waals surface area contributed by atoms with E-state index < -0.39 is 0 Å². The molecule has 0 N–H and O–H groups in total. The number of methoxy groups -OCH3 is 1. The largest absolute Gasteiger partial charge is 0.382 e. The summed E-state index contributed by atoms with van der Waals surface area (Å²) in [4.78, 5) is 0. The van der Waals surface area contributed by atoms with Gasteiger partial charge in [-0.25, -0.2) is 0 Å². The third-order valence-corrected chi connectivity index (χ3v) is 4.14. The summed E-state index contributed by atoms with van der Waals surface area (Å²) in [6, 6.07) is 0. The molecule has 0 saturated heterocycles. The molecule has 1 unspecified atom stereocenters. The maximum absolute atomic E-state index is 5.51. The van der Waals surface area contributed by atoms with E-state index in [1.807, 2.05) is 0 Å². The summed E-state index contributed by atoms with van der Waals surface area (Å²) < 4.78 is 48.2. The Labute approximate surface area is 188 Å². The molecule has 0 spiro atoms. The lowest BCUT2D eigenvalue weighted by Crippen LogP contribution is -2.15. The number of rotatable bonds is 27. The zero-order valence-corrected chi connectivity index (χ0v) is 20.0. The maximum Gasteiger partial charge on any atom is 0.0701 e. The molecule has 0 aromatic heterocycles. The Kier molecular flexibility index (Phi) is 27.4. The average molecular weight is 455 g/mol. The van der Waals surface area contributed by atoms with E-state index in [1.54, 1.807) is 7.11 Å². The van der Waals surface area contributed by atoms with Crippen LogP contribution in [0.4, 0.5) is 0 Å². The minimum Gasteiger partial charge on any atom is -0.382 e. The van der Waals surface area contributed by atoms with Crippen LogP contribution in [0, 0.1) is 5.92 Å². The van der Waals surface area contributed by atoms with Crippen LogP contribution in [0.5, 0.6) is 0 Å². The predicted molar refractivity (Wildman–Crippen MR) is 118 cm³/mol. The fraction of sp³-hybridized carbons (Fsp3) is 1.00. The molecule has 188 valence electrons. The minimum absolute atomic E-state index is 0.540. The highest BCUT2D eigenvalue weighted by molar-refractivity contribution is 4.46. The summed E-state index contributed by atoms with van der Waals surface area (Å²) in [5, 5.41) is 0. The molecule has 9 heteroatoms. The van der Waals surface area contributed by atoms with E-state index in [0.29, 0.717) is 112 Å². The molecule has 31 heavy (non-hydrogen) atoms. The highest BCUT2D eigenvalue weighted by Gasteiger charge is 1.98. The van der Waals surface area contributed by atoms with Crippen molar-refractivity contribution in [1.82, 2.24) is 0 Å². The lowest BCUT2D eigenvalue weighted by Gasteiger charge is -2.10. The standard InChI is InChI=1S/C22H46O9/c1-4-22(2)21-31-20-19-30-18-17-29-16-15-28-14-13-27-12-11-26-10-9-25-8-7-24-6-5-23-3/h22H,4-21H2,1-3H3. The quantitative estimate of drug-likeness (QED) is 0.173. The van der Waals surface area contributed by atoms with Crippen molar-refractivity contribution in [2.75, 3.05) is 119 Å². The van der Waals surface area contributed by atoms with Gasteiger partial charge in [-0.3, -0.25) is 0 Å². The SMILES string of the molecule is CCC(C)COCCOCCOCCOCCOCCOCCOCCOCCOC. The summed E-state index contributed by atoms with van der Waals surface area (Å²) in [7, 11) is 1.65. The van der Waals surface area contributed by atoms with Crippen LogP contribution in [0.2, 0.25) is 0 Å². The first kappa shape index (κ1) is 30.6. The Bertz CT molecular complexity index is 321. The molecule has 0 heterocycles. The van der Waals surface area contributed by atoms with Crippen LogP contribution >= 0.6 is 0 Å². The first-order valence-electron chi connectivity index (χ1n) is 11.4. The Morgan fingerprint density at radius 2 is 0.677 bits per heavy atom. The predicted octanol–water partition coefficient (Wildman–Crippen LogP) is 1.81. The van der Waals surface area contributed by atoms with Gasteiger partial charge in [0.2, 0.25) is 0 Å². The Morgan fingerprint density at radius 1 is 0.419 bits per heavy atom. The average Bonchev–Trinajstić information content (AvgIpc) is 2.78. The van der Waals surface area contributed by atoms with Gasteiger partial charge in [0.15, 0.2) is 0 Å². The van der Waals surface area contributed by atoms with Crippen molar-refractivity contribution in [3.63, 3.8) is 0 Å². The highest BCUT2D eigenvalue weighted by Crippen LogP contribution is 1.99. The molecule has 0 radical (unpaired) electrons. The first-order chi connectivity index (χ1) is 15.3. The lowest BCUT2D eigenvalue weighted by molar-refractivity contribution is -0.0248. The van der Waals surface area contributed by atoms with Gasteiger partial charge in [-0.05, 0) is 5.92 Å². The van der Waals surface area contributed by atoms with E-state index in [1.165, 1.54) is 0 Å². The topological polar surface area (TPSA) is 83.1 Å². The van der Waals surface area contributed by atoms with Gasteiger partial charge in [0.1, 0.15) is 0 Å². The van der Waals surface area contributed by atoms with Gasteiger partial charge in [-0.15, -0.1) is 0 Å². The van der Waals surface area contributed by atoms with Gasteiger partial charge in [0, 0.05) is 13.7 Å². The van der Waals surface area contributed by atoms with Gasteiger partial charge in [0.25, 0.3) is 0 Å². The number of hydrogen-bond donors (Lipinski definition) is 0. The van der Waals surface area contributed by atoms with Crippen LogP contribution in [0.1, 0.15) is 20.3 Å². The van der Waals surface area contributed by atoms with E-state index in [4.69, 9.17) is 42.6 Å². The Morgan fingerprint density at radius 3 is 0.935 bits per heavy atom. The van der Waals surface area contributed by atoms with Crippen LogP contribution in [-0.4, -0.2) is 119 Å². The molecular formula is C22H46O9. The Balaban J connectivity index is 3.01. The minimum atomic E-state index is 0.540. The van der Waals surface area contributed by atoms with Gasteiger partial charge in [-0.1, -0.05) is 20.3 Å². The molecule has 0 aromatic carbocycles.